The largest absolute Gasteiger partial charge is 0.371 e. The number of morpholine rings is 1. The maximum atomic E-state index is 12.6. The molecule has 1 aromatic rings. The van der Waals surface area contributed by atoms with Gasteiger partial charge in [-0.3, -0.25) is 4.98 Å². The van der Waals surface area contributed by atoms with E-state index < -0.39 is 9.73 Å². The van der Waals surface area contributed by atoms with Gasteiger partial charge in [0.2, 0.25) is 0 Å². The number of pyridine rings is 1. The van der Waals surface area contributed by atoms with Gasteiger partial charge in [0.1, 0.15) is 0 Å². The van der Waals surface area contributed by atoms with Gasteiger partial charge in [-0.15, -0.1) is 0 Å². The Balaban J connectivity index is 1.52. The van der Waals surface area contributed by atoms with Gasteiger partial charge in [-0.2, -0.15) is 0 Å². The molecule has 7 nitrogen and oxygen atoms in total. The molecule has 27 heavy (non-hydrogen) atoms. The van der Waals surface area contributed by atoms with Gasteiger partial charge in [0, 0.05) is 53.3 Å². The highest BCUT2D eigenvalue weighted by atomic mass is 32.2. The van der Waals surface area contributed by atoms with E-state index in [0.717, 1.165) is 12.0 Å². The van der Waals surface area contributed by atoms with Crippen molar-refractivity contribution in [1.29, 1.82) is 0 Å². The van der Waals surface area contributed by atoms with E-state index in [1.807, 2.05) is 24.1 Å². The number of hydrogen-bond acceptors (Lipinski definition) is 5. The Morgan fingerprint density at radius 3 is 2.93 bits per heavy atom. The molecule has 0 aliphatic carbocycles. The van der Waals surface area contributed by atoms with Crippen molar-refractivity contribution in [3.05, 3.63) is 29.6 Å². The predicted octanol–water partition coefficient (Wildman–Crippen LogP) is 1.99. The minimum absolute atomic E-state index is 0.0521. The molecule has 1 N–H and O–H groups in total. The third-order valence-corrected chi connectivity index (χ3v) is 7.88. The highest BCUT2D eigenvalue weighted by Crippen LogP contribution is 2.32. The Bertz CT molecular complexity index is 775. The minimum atomic E-state index is -2.08. The highest BCUT2D eigenvalue weighted by Gasteiger charge is 2.42. The fourth-order valence-corrected chi connectivity index (χ4v) is 6.09. The van der Waals surface area contributed by atoms with E-state index in [-0.39, 0.29) is 11.6 Å². The van der Waals surface area contributed by atoms with Crippen LogP contribution in [-0.4, -0.2) is 70.0 Å². The Morgan fingerprint density at radius 2 is 2.22 bits per heavy atom. The normalized spacial score (nSPS) is 28.1. The molecule has 1 aromatic heterocycles. The van der Waals surface area contributed by atoms with Gasteiger partial charge in [-0.1, -0.05) is 0 Å². The molecule has 2 aliphatic rings. The van der Waals surface area contributed by atoms with Crippen LogP contribution in [0.4, 0.5) is 4.79 Å². The molecule has 2 aliphatic heterocycles. The van der Waals surface area contributed by atoms with Gasteiger partial charge in [0.25, 0.3) is 0 Å². The standard InChI is InChI=1S/C19H30N4O3S/c1-3-22-27(25)12-6-19(7-13-27)15-23(10-11-26-19)18(24)21-9-5-17-14-20-8-4-16(17)2/h4,8,14H,3,5-7,9-13,15H2,1-2H3,(H,21,24). The summed E-state index contributed by atoms with van der Waals surface area (Å²) >= 11 is 0. The molecule has 0 atom stereocenters. The number of urea groups is 1. The average Bonchev–Trinajstić information content (AvgIpc) is 2.67. The first-order valence-electron chi connectivity index (χ1n) is 9.70. The first-order valence-corrected chi connectivity index (χ1v) is 11.6. The van der Waals surface area contributed by atoms with Gasteiger partial charge in [0.15, 0.2) is 0 Å². The van der Waals surface area contributed by atoms with Crippen molar-refractivity contribution >= 4 is 15.8 Å². The lowest BCUT2D eigenvalue weighted by Crippen LogP contribution is -2.58. The summed E-state index contributed by atoms with van der Waals surface area (Å²) in [5, 5.41) is 3.02. The summed E-state index contributed by atoms with van der Waals surface area (Å²) < 4.78 is 23.0. The Morgan fingerprint density at radius 1 is 1.44 bits per heavy atom. The van der Waals surface area contributed by atoms with Crippen molar-refractivity contribution in [3.8, 4) is 0 Å². The van der Waals surface area contributed by atoms with Gasteiger partial charge in [0.05, 0.1) is 18.8 Å². The smallest absolute Gasteiger partial charge is 0.317 e. The summed E-state index contributed by atoms with van der Waals surface area (Å²) in [4.78, 5) is 18.6. The minimum Gasteiger partial charge on any atom is -0.371 e. The van der Waals surface area contributed by atoms with Gasteiger partial charge in [-0.25, -0.2) is 13.4 Å². The number of aromatic nitrogens is 1. The van der Waals surface area contributed by atoms with E-state index in [1.165, 1.54) is 5.56 Å². The van der Waals surface area contributed by atoms with Crippen molar-refractivity contribution in [3.63, 3.8) is 0 Å². The maximum Gasteiger partial charge on any atom is 0.317 e. The van der Waals surface area contributed by atoms with Crippen LogP contribution >= 0.6 is 0 Å². The first-order chi connectivity index (χ1) is 13.0. The fourth-order valence-electron chi connectivity index (χ4n) is 3.78. The lowest BCUT2D eigenvalue weighted by molar-refractivity contribution is -0.102. The molecule has 1 spiro atoms. The summed E-state index contributed by atoms with van der Waals surface area (Å²) in [7, 11) is -2.08. The number of carbonyl (C=O) groups excluding carboxylic acids is 1. The second kappa shape index (κ2) is 8.56. The predicted molar refractivity (Wildman–Crippen MR) is 106 cm³/mol. The number of amides is 2. The molecular weight excluding hydrogens is 364 g/mol. The quantitative estimate of drug-likeness (QED) is 0.846. The van der Waals surface area contributed by atoms with E-state index in [1.54, 1.807) is 6.20 Å². The summed E-state index contributed by atoms with van der Waals surface area (Å²) in [6.45, 7) is 6.84. The zero-order chi connectivity index (χ0) is 19.3. The van der Waals surface area contributed by atoms with Crippen molar-refractivity contribution in [1.82, 2.24) is 15.2 Å². The maximum absolute atomic E-state index is 12.6. The molecule has 150 valence electrons. The summed E-state index contributed by atoms with van der Waals surface area (Å²) in [5.74, 6) is 1.13. The molecule has 3 rings (SSSR count). The van der Waals surface area contributed by atoms with Crippen LogP contribution in [0.15, 0.2) is 22.8 Å². The Labute approximate surface area is 162 Å². The first kappa shape index (κ1) is 20.1. The number of hydrogen-bond donors (Lipinski definition) is 1. The van der Waals surface area contributed by atoms with Crippen LogP contribution in [0.5, 0.6) is 0 Å². The number of carbonyl (C=O) groups is 1. The lowest BCUT2D eigenvalue weighted by Gasteiger charge is -2.45. The molecule has 2 fully saturated rings. The van der Waals surface area contributed by atoms with Gasteiger partial charge >= 0.3 is 6.03 Å². The van der Waals surface area contributed by atoms with Crippen molar-refractivity contribution in [2.24, 2.45) is 4.36 Å². The number of nitrogens with one attached hydrogen (secondary N) is 1. The molecule has 0 unspecified atom stereocenters. The Kier molecular flexibility index (Phi) is 6.37. The second-order valence-corrected chi connectivity index (χ2v) is 9.98. The monoisotopic (exact) mass is 394 g/mol. The van der Waals surface area contributed by atoms with E-state index in [0.29, 0.717) is 57.1 Å². The molecule has 8 heteroatoms. The molecule has 0 radical (unpaired) electrons. The third kappa shape index (κ3) is 4.99. The summed E-state index contributed by atoms with van der Waals surface area (Å²) in [6.07, 6.45) is 5.80. The summed E-state index contributed by atoms with van der Waals surface area (Å²) in [6, 6.07) is 1.93. The zero-order valence-corrected chi connectivity index (χ0v) is 17.1. The van der Waals surface area contributed by atoms with E-state index in [9.17, 15) is 9.00 Å². The third-order valence-electron chi connectivity index (χ3n) is 5.47. The zero-order valence-electron chi connectivity index (χ0n) is 16.3. The van der Waals surface area contributed by atoms with Crippen LogP contribution in [0.25, 0.3) is 0 Å². The second-order valence-electron chi connectivity index (χ2n) is 7.36. The number of aryl methyl sites for hydroxylation is 1. The Hall–Kier alpha value is -1.67. The number of rotatable bonds is 4. The van der Waals surface area contributed by atoms with E-state index in [4.69, 9.17) is 4.74 Å². The highest BCUT2D eigenvalue weighted by molar-refractivity contribution is 7.93. The molecular formula is C19H30N4O3S. The van der Waals surface area contributed by atoms with Crippen LogP contribution < -0.4 is 5.32 Å². The van der Waals surface area contributed by atoms with Crippen LogP contribution in [0.1, 0.15) is 30.9 Å². The van der Waals surface area contributed by atoms with Crippen LogP contribution in [0.2, 0.25) is 0 Å². The van der Waals surface area contributed by atoms with E-state index >= 15 is 0 Å². The number of ether oxygens (including phenoxy) is 1. The molecule has 2 saturated heterocycles. The fraction of sp³-hybridized carbons (Fsp3) is 0.684. The average molecular weight is 395 g/mol. The van der Waals surface area contributed by atoms with Gasteiger partial charge in [-0.05, 0) is 50.3 Å². The van der Waals surface area contributed by atoms with E-state index in [2.05, 4.69) is 21.6 Å². The molecule has 0 saturated carbocycles. The van der Waals surface area contributed by atoms with Crippen LogP contribution in [-0.2, 0) is 20.9 Å². The van der Waals surface area contributed by atoms with Crippen LogP contribution in [0, 0.1) is 6.92 Å². The SMILES string of the molecule is CCN=S1(=O)CCC2(CC1)CN(C(=O)NCCc1cnccc1C)CCO2. The molecule has 0 bridgehead atoms. The van der Waals surface area contributed by atoms with Gasteiger partial charge < -0.3 is 15.0 Å². The van der Waals surface area contributed by atoms with Crippen molar-refractivity contribution in [2.75, 3.05) is 44.3 Å². The topological polar surface area (TPSA) is 83.9 Å². The van der Waals surface area contributed by atoms with Crippen molar-refractivity contribution in [2.45, 2.75) is 38.7 Å². The molecule has 2 amide bonds. The lowest BCUT2D eigenvalue weighted by atomic mass is 9.94. The molecule has 3 heterocycles. The molecule has 0 aromatic carbocycles. The van der Waals surface area contributed by atoms with Crippen LogP contribution in [0.3, 0.4) is 0 Å². The van der Waals surface area contributed by atoms with Crippen molar-refractivity contribution < 1.29 is 13.7 Å². The number of nitrogens with zero attached hydrogens (tertiary/aromatic N) is 3. The summed E-state index contributed by atoms with van der Waals surface area (Å²) in [5.41, 5.74) is 1.98.